The SMILES string of the molecule is CC(CCC(=O)O)NS(=O)(=O)Cc1ccccc1C#N. The summed E-state index contributed by atoms with van der Waals surface area (Å²) in [7, 11) is -3.61. The van der Waals surface area contributed by atoms with Gasteiger partial charge in [0.05, 0.1) is 17.4 Å². The molecule has 7 heteroatoms. The molecule has 0 aliphatic carbocycles. The summed E-state index contributed by atoms with van der Waals surface area (Å²) in [5.74, 6) is -1.26. The van der Waals surface area contributed by atoms with Crippen molar-refractivity contribution in [3.63, 3.8) is 0 Å². The molecule has 108 valence electrons. The second kappa shape index (κ2) is 7.03. The molecule has 0 saturated carbocycles. The molecular weight excluding hydrogens is 280 g/mol. The van der Waals surface area contributed by atoms with Crippen molar-refractivity contribution < 1.29 is 18.3 Å². The second-order valence-corrected chi connectivity index (χ2v) is 6.23. The predicted molar refractivity (Wildman–Crippen MR) is 73.2 cm³/mol. The Labute approximate surface area is 118 Å². The largest absolute Gasteiger partial charge is 0.481 e. The van der Waals surface area contributed by atoms with Gasteiger partial charge in [-0.3, -0.25) is 4.79 Å². The van der Waals surface area contributed by atoms with E-state index in [0.29, 0.717) is 11.1 Å². The van der Waals surface area contributed by atoms with E-state index in [2.05, 4.69) is 4.72 Å². The number of carboxylic acids is 1. The van der Waals surface area contributed by atoms with Gasteiger partial charge in [-0.15, -0.1) is 0 Å². The van der Waals surface area contributed by atoms with Crippen molar-refractivity contribution in [3.05, 3.63) is 35.4 Å². The highest BCUT2D eigenvalue weighted by Gasteiger charge is 2.17. The van der Waals surface area contributed by atoms with Crippen LogP contribution in [0.2, 0.25) is 0 Å². The van der Waals surface area contributed by atoms with Crippen molar-refractivity contribution in [1.29, 1.82) is 5.26 Å². The summed E-state index contributed by atoms with van der Waals surface area (Å²) in [6.07, 6.45) is 0.118. The second-order valence-electron chi connectivity index (χ2n) is 4.48. The molecule has 1 aromatic rings. The monoisotopic (exact) mass is 296 g/mol. The lowest BCUT2D eigenvalue weighted by atomic mass is 10.1. The molecule has 1 rings (SSSR count). The van der Waals surface area contributed by atoms with Gasteiger partial charge in [0.25, 0.3) is 0 Å². The Morgan fingerprint density at radius 3 is 2.70 bits per heavy atom. The highest BCUT2D eigenvalue weighted by atomic mass is 32.2. The number of carboxylic acid groups (broad SMARTS) is 1. The fourth-order valence-corrected chi connectivity index (χ4v) is 3.18. The van der Waals surface area contributed by atoms with E-state index in [1.165, 1.54) is 0 Å². The number of sulfonamides is 1. The molecule has 20 heavy (non-hydrogen) atoms. The van der Waals surface area contributed by atoms with E-state index in [1.54, 1.807) is 31.2 Å². The van der Waals surface area contributed by atoms with Gasteiger partial charge in [-0.05, 0) is 25.0 Å². The summed E-state index contributed by atoms with van der Waals surface area (Å²) in [6, 6.07) is 7.94. The van der Waals surface area contributed by atoms with Crippen LogP contribution in [0.25, 0.3) is 0 Å². The Kier molecular flexibility index (Phi) is 5.67. The van der Waals surface area contributed by atoms with Gasteiger partial charge in [0.1, 0.15) is 0 Å². The molecule has 0 fully saturated rings. The topological polar surface area (TPSA) is 107 Å². The number of aliphatic carboxylic acids is 1. The van der Waals surface area contributed by atoms with Crippen LogP contribution in [0, 0.1) is 11.3 Å². The van der Waals surface area contributed by atoms with E-state index in [9.17, 15) is 13.2 Å². The van der Waals surface area contributed by atoms with Crippen molar-refractivity contribution >= 4 is 16.0 Å². The van der Waals surface area contributed by atoms with E-state index in [1.807, 2.05) is 6.07 Å². The molecule has 1 atom stereocenters. The molecule has 1 unspecified atom stereocenters. The molecule has 0 amide bonds. The minimum Gasteiger partial charge on any atom is -0.481 e. The molecule has 0 saturated heterocycles. The van der Waals surface area contributed by atoms with Crippen molar-refractivity contribution in [2.75, 3.05) is 0 Å². The van der Waals surface area contributed by atoms with Crippen LogP contribution in [-0.2, 0) is 20.6 Å². The first kappa shape index (κ1) is 16.1. The summed E-state index contributed by atoms with van der Waals surface area (Å²) in [5, 5.41) is 17.5. The third kappa shape index (κ3) is 5.38. The normalized spacial score (nSPS) is 12.6. The maximum absolute atomic E-state index is 12.0. The summed E-state index contributed by atoms with van der Waals surface area (Å²) in [6.45, 7) is 1.61. The zero-order valence-corrected chi connectivity index (χ0v) is 11.9. The number of nitriles is 1. The summed E-state index contributed by atoms with van der Waals surface area (Å²) >= 11 is 0. The lowest BCUT2D eigenvalue weighted by Gasteiger charge is -2.13. The van der Waals surface area contributed by atoms with E-state index in [-0.39, 0.29) is 18.6 Å². The predicted octanol–water partition coefficient (Wildman–Crippen LogP) is 1.23. The average molecular weight is 296 g/mol. The standard InChI is InChI=1S/C13H16N2O4S/c1-10(6-7-13(16)17)15-20(18,19)9-12-5-3-2-4-11(12)8-14/h2-5,10,15H,6-7,9H2,1H3,(H,16,17). The van der Waals surface area contributed by atoms with Crippen molar-refractivity contribution in [1.82, 2.24) is 4.72 Å². The Hall–Kier alpha value is -1.91. The van der Waals surface area contributed by atoms with Gasteiger partial charge in [0.15, 0.2) is 0 Å². The molecule has 0 spiro atoms. The van der Waals surface area contributed by atoms with Crippen LogP contribution in [0.3, 0.4) is 0 Å². The third-order valence-electron chi connectivity index (χ3n) is 2.66. The Morgan fingerprint density at radius 1 is 1.45 bits per heavy atom. The highest BCUT2D eigenvalue weighted by molar-refractivity contribution is 7.88. The number of hydrogen-bond acceptors (Lipinski definition) is 4. The molecule has 0 aliphatic heterocycles. The van der Waals surface area contributed by atoms with E-state index >= 15 is 0 Å². The van der Waals surface area contributed by atoms with Crippen LogP contribution in [0.15, 0.2) is 24.3 Å². The molecule has 0 bridgehead atoms. The molecule has 0 radical (unpaired) electrons. The van der Waals surface area contributed by atoms with Crippen LogP contribution in [0.5, 0.6) is 0 Å². The van der Waals surface area contributed by atoms with Crippen molar-refractivity contribution in [2.24, 2.45) is 0 Å². The average Bonchev–Trinajstić information content (AvgIpc) is 2.36. The van der Waals surface area contributed by atoms with E-state index in [0.717, 1.165) is 0 Å². The van der Waals surface area contributed by atoms with Gasteiger partial charge in [-0.1, -0.05) is 18.2 Å². The number of rotatable bonds is 7. The lowest BCUT2D eigenvalue weighted by Crippen LogP contribution is -2.34. The highest BCUT2D eigenvalue weighted by Crippen LogP contribution is 2.11. The van der Waals surface area contributed by atoms with E-state index < -0.39 is 22.0 Å². The van der Waals surface area contributed by atoms with Crippen LogP contribution < -0.4 is 4.72 Å². The first-order chi connectivity index (χ1) is 9.34. The minimum atomic E-state index is -3.61. The van der Waals surface area contributed by atoms with Crippen LogP contribution in [0.1, 0.15) is 30.9 Å². The first-order valence-electron chi connectivity index (χ1n) is 6.04. The summed E-state index contributed by atoms with van der Waals surface area (Å²) < 4.78 is 26.3. The molecular formula is C13H16N2O4S. The Balaban J connectivity index is 2.71. The fraction of sp³-hybridized carbons (Fsp3) is 0.385. The molecule has 0 aliphatic rings. The maximum Gasteiger partial charge on any atom is 0.303 e. The summed E-state index contributed by atoms with van der Waals surface area (Å²) in [5.41, 5.74) is 0.740. The first-order valence-corrected chi connectivity index (χ1v) is 7.69. The number of nitrogens with zero attached hydrogens (tertiary/aromatic N) is 1. The van der Waals surface area contributed by atoms with Gasteiger partial charge in [-0.25, -0.2) is 13.1 Å². The number of nitrogens with one attached hydrogen (secondary N) is 1. The molecule has 0 aromatic heterocycles. The number of benzene rings is 1. The molecule has 1 aromatic carbocycles. The van der Waals surface area contributed by atoms with Gasteiger partial charge < -0.3 is 5.11 Å². The van der Waals surface area contributed by atoms with Gasteiger partial charge in [-0.2, -0.15) is 5.26 Å². The summed E-state index contributed by atoms with van der Waals surface area (Å²) in [4.78, 5) is 10.4. The zero-order chi connectivity index (χ0) is 15.2. The molecule has 2 N–H and O–H groups in total. The lowest BCUT2D eigenvalue weighted by molar-refractivity contribution is -0.137. The Morgan fingerprint density at radius 2 is 2.10 bits per heavy atom. The van der Waals surface area contributed by atoms with Gasteiger partial charge >= 0.3 is 5.97 Å². The quantitative estimate of drug-likeness (QED) is 0.787. The third-order valence-corrected chi connectivity index (χ3v) is 4.11. The fourth-order valence-electron chi connectivity index (χ4n) is 1.71. The smallest absolute Gasteiger partial charge is 0.303 e. The zero-order valence-electron chi connectivity index (χ0n) is 11.0. The number of carbonyl (C=O) groups is 1. The minimum absolute atomic E-state index is 0.0987. The van der Waals surface area contributed by atoms with Crippen LogP contribution >= 0.6 is 0 Å². The number of hydrogen-bond donors (Lipinski definition) is 2. The van der Waals surface area contributed by atoms with E-state index in [4.69, 9.17) is 10.4 Å². The van der Waals surface area contributed by atoms with Crippen LogP contribution in [0.4, 0.5) is 0 Å². The Bertz CT molecular complexity index is 620. The van der Waals surface area contributed by atoms with Crippen molar-refractivity contribution in [2.45, 2.75) is 31.6 Å². The van der Waals surface area contributed by atoms with Gasteiger partial charge in [0.2, 0.25) is 10.0 Å². The maximum atomic E-state index is 12.0. The van der Waals surface area contributed by atoms with Crippen LogP contribution in [-0.4, -0.2) is 25.5 Å². The van der Waals surface area contributed by atoms with Gasteiger partial charge in [0, 0.05) is 12.5 Å². The van der Waals surface area contributed by atoms with Crippen molar-refractivity contribution in [3.8, 4) is 6.07 Å². The molecule has 0 heterocycles. The molecule has 6 nitrogen and oxygen atoms in total.